The monoisotopic (exact) mass is 385 g/mol. The van der Waals surface area contributed by atoms with Crippen LogP contribution in [0.3, 0.4) is 0 Å². The Balaban J connectivity index is 1.70. The Labute approximate surface area is 161 Å². The van der Waals surface area contributed by atoms with Crippen molar-refractivity contribution in [3.05, 3.63) is 82.4 Å². The molecule has 8 heteroatoms. The van der Waals surface area contributed by atoms with Crippen LogP contribution in [0.5, 0.6) is 5.75 Å². The number of nitrogens with zero attached hydrogens (tertiary/aromatic N) is 2. The maximum atomic E-state index is 11.8. The van der Waals surface area contributed by atoms with E-state index in [1.807, 2.05) is 24.3 Å². The molecule has 0 fully saturated rings. The van der Waals surface area contributed by atoms with Crippen molar-refractivity contribution in [2.45, 2.75) is 5.75 Å². The topological polar surface area (TPSA) is 93.8 Å². The molecular weight excluding hydrogens is 366 g/mol. The smallest absolute Gasteiger partial charge is 0.269 e. The van der Waals surface area contributed by atoms with Gasteiger partial charge in [0.1, 0.15) is 12.4 Å². The second-order valence-electron chi connectivity index (χ2n) is 5.38. The Kier molecular flexibility index (Phi) is 8.05. The van der Waals surface area contributed by atoms with Gasteiger partial charge in [-0.15, -0.1) is 11.8 Å². The lowest BCUT2D eigenvalue weighted by atomic mass is 10.2. The van der Waals surface area contributed by atoms with E-state index < -0.39 is 4.92 Å². The molecule has 0 aliphatic carbocycles. The fraction of sp³-hybridized carbons (Fsp3) is 0.158. The van der Waals surface area contributed by atoms with Gasteiger partial charge in [0.25, 0.3) is 5.69 Å². The molecule has 0 bridgehead atoms. The molecule has 0 heterocycles. The Morgan fingerprint density at radius 1 is 1.22 bits per heavy atom. The highest BCUT2D eigenvalue weighted by atomic mass is 32.2. The zero-order valence-corrected chi connectivity index (χ0v) is 15.4. The lowest BCUT2D eigenvalue weighted by molar-refractivity contribution is -0.384. The molecule has 0 aromatic heterocycles. The van der Waals surface area contributed by atoms with Crippen LogP contribution in [-0.2, 0) is 10.5 Å². The number of nitro groups is 1. The van der Waals surface area contributed by atoms with Gasteiger partial charge in [-0.1, -0.05) is 24.8 Å². The molecule has 0 atom stereocenters. The first kappa shape index (κ1) is 20.2. The first-order valence-electron chi connectivity index (χ1n) is 8.05. The Morgan fingerprint density at radius 2 is 1.93 bits per heavy atom. The molecule has 1 N–H and O–H groups in total. The number of benzene rings is 2. The minimum Gasteiger partial charge on any atom is -0.490 e. The number of hydrogen-bond donors (Lipinski definition) is 1. The van der Waals surface area contributed by atoms with Crippen LogP contribution in [0.15, 0.2) is 66.3 Å². The average molecular weight is 385 g/mol. The Bertz CT molecular complexity index is 805. The molecule has 0 aliphatic rings. The van der Waals surface area contributed by atoms with Gasteiger partial charge in [0.15, 0.2) is 0 Å². The number of hydrogen-bond acceptors (Lipinski definition) is 6. The van der Waals surface area contributed by atoms with E-state index in [2.05, 4.69) is 17.1 Å². The molecule has 0 radical (unpaired) electrons. The van der Waals surface area contributed by atoms with Crippen molar-refractivity contribution in [1.82, 2.24) is 5.43 Å². The molecular formula is C19H19N3O4S. The summed E-state index contributed by atoms with van der Waals surface area (Å²) >= 11 is 1.40. The largest absolute Gasteiger partial charge is 0.490 e. The number of carbonyl (C=O) groups excluding carboxylic acids is 1. The maximum absolute atomic E-state index is 11.8. The normalized spacial score (nSPS) is 10.5. The lowest BCUT2D eigenvalue weighted by Crippen LogP contribution is -2.19. The third-order valence-corrected chi connectivity index (χ3v) is 4.30. The molecule has 0 spiro atoms. The Hall–Kier alpha value is -3.13. The van der Waals surface area contributed by atoms with Gasteiger partial charge in [0, 0.05) is 17.9 Å². The summed E-state index contributed by atoms with van der Waals surface area (Å²) in [6.45, 7) is 4.03. The summed E-state index contributed by atoms with van der Waals surface area (Å²) in [4.78, 5) is 21.9. The predicted molar refractivity (Wildman–Crippen MR) is 107 cm³/mol. The molecule has 7 nitrogen and oxygen atoms in total. The van der Waals surface area contributed by atoms with Crippen LogP contribution in [0.1, 0.15) is 11.1 Å². The second kappa shape index (κ2) is 10.8. The van der Waals surface area contributed by atoms with Gasteiger partial charge in [-0.3, -0.25) is 14.9 Å². The van der Waals surface area contributed by atoms with Gasteiger partial charge in [-0.2, -0.15) is 5.10 Å². The van der Waals surface area contributed by atoms with Crippen molar-refractivity contribution in [3.63, 3.8) is 0 Å². The van der Waals surface area contributed by atoms with E-state index in [1.165, 1.54) is 23.9 Å². The predicted octanol–water partition coefficient (Wildman–Crippen LogP) is 3.54. The zero-order valence-electron chi connectivity index (χ0n) is 14.5. The van der Waals surface area contributed by atoms with Crippen molar-refractivity contribution < 1.29 is 14.5 Å². The van der Waals surface area contributed by atoms with E-state index in [9.17, 15) is 14.9 Å². The SMILES string of the molecule is C=CCOc1ccc(C=NNC(=O)CSCc2ccc([N+](=O)[O-])cc2)cc1. The number of nitrogens with one attached hydrogen (secondary N) is 1. The fourth-order valence-electron chi connectivity index (χ4n) is 1.99. The number of nitro benzene ring substituents is 1. The van der Waals surface area contributed by atoms with Gasteiger partial charge in [-0.25, -0.2) is 5.43 Å². The molecule has 2 aromatic carbocycles. The number of thioether (sulfide) groups is 1. The van der Waals surface area contributed by atoms with E-state index >= 15 is 0 Å². The number of carbonyl (C=O) groups is 1. The Morgan fingerprint density at radius 3 is 2.56 bits per heavy atom. The molecule has 2 rings (SSSR count). The van der Waals surface area contributed by atoms with Crippen LogP contribution < -0.4 is 10.2 Å². The van der Waals surface area contributed by atoms with E-state index in [0.717, 1.165) is 16.9 Å². The molecule has 0 saturated carbocycles. The summed E-state index contributed by atoms with van der Waals surface area (Å²) < 4.78 is 5.38. The molecule has 140 valence electrons. The minimum atomic E-state index is -0.440. The number of rotatable bonds is 10. The van der Waals surface area contributed by atoms with Crippen LogP contribution in [-0.4, -0.2) is 29.4 Å². The second-order valence-corrected chi connectivity index (χ2v) is 6.36. The van der Waals surface area contributed by atoms with E-state index in [1.54, 1.807) is 24.4 Å². The summed E-state index contributed by atoms with van der Waals surface area (Å²) in [5, 5.41) is 14.5. The van der Waals surface area contributed by atoms with E-state index in [0.29, 0.717) is 12.4 Å². The zero-order chi connectivity index (χ0) is 19.5. The van der Waals surface area contributed by atoms with Crippen LogP contribution in [0, 0.1) is 10.1 Å². The van der Waals surface area contributed by atoms with Crippen molar-refractivity contribution in [1.29, 1.82) is 0 Å². The highest BCUT2D eigenvalue weighted by molar-refractivity contribution is 7.99. The number of hydrazone groups is 1. The third-order valence-electron chi connectivity index (χ3n) is 3.30. The van der Waals surface area contributed by atoms with Crippen molar-refractivity contribution in [2.24, 2.45) is 5.10 Å². The molecule has 1 amide bonds. The minimum absolute atomic E-state index is 0.0520. The van der Waals surface area contributed by atoms with E-state index in [4.69, 9.17) is 4.74 Å². The van der Waals surface area contributed by atoms with E-state index in [-0.39, 0.29) is 17.3 Å². The number of ether oxygens (including phenoxy) is 1. The first-order chi connectivity index (χ1) is 13.1. The van der Waals surface area contributed by atoms with Crippen LogP contribution in [0.4, 0.5) is 5.69 Å². The van der Waals surface area contributed by atoms with Crippen LogP contribution in [0.25, 0.3) is 0 Å². The summed E-state index contributed by atoms with van der Waals surface area (Å²) in [6, 6.07) is 13.6. The van der Waals surface area contributed by atoms with Gasteiger partial charge in [-0.05, 0) is 35.4 Å². The van der Waals surface area contributed by atoms with Crippen molar-refractivity contribution in [2.75, 3.05) is 12.4 Å². The molecule has 2 aromatic rings. The highest BCUT2D eigenvalue weighted by Gasteiger charge is 2.05. The molecule has 0 unspecified atom stereocenters. The quantitative estimate of drug-likeness (QED) is 0.292. The van der Waals surface area contributed by atoms with Gasteiger partial charge in [0.2, 0.25) is 5.91 Å². The van der Waals surface area contributed by atoms with Gasteiger partial charge >= 0.3 is 0 Å². The maximum Gasteiger partial charge on any atom is 0.269 e. The third kappa shape index (κ3) is 7.33. The summed E-state index contributed by atoms with van der Waals surface area (Å²) in [6.07, 6.45) is 3.22. The summed E-state index contributed by atoms with van der Waals surface area (Å²) in [7, 11) is 0. The van der Waals surface area contributed by atoms with Gasteiger partial charge < -0.3 is 4.74 Å². The summed E-state index contributed by atoms with van der Waals surface area (Å²) in [5.41, 5.74) is 4.27. The molecule has 27 heavy (non-hydrogen) atoms. The standard InChI is InChI=1S/C19H19N3O4S/c1-2-11-26-18-9-5-15(6-10-18)12-20-21-19(23)14-27-13-16-3-7-17(8-4-16)22(24)25/h2-10,12H,1,11,13-14H2,(H,21,23). The average Bonchev–Trinajstić information content (AvgIpc) is 2.68. The molecule has 0 aliphatic heterocycles. The number of amides is 1. The summed E-state index contributed by atoms with van der Waals surface area (Å²) in [5.74, 6) is 1.34. The lowest BCUT2D eigenvalue weighted by Gasteiger charge is -2.03. The highest BCUT2D eigenvalue weighted by Crippen LogP contribution is 2.16. The fourth-order valence-corrected chi connectivity index (χ4v) is 2.77. The van der Waals surface area contributed by atoms with Crippen LogP contribution >= 0.6 is 11.8 Å². The first-order valence-corrected chi connectivity index (χ1v) is 9.20. The van der Waals surface area contributed by atoms with Gasteiger partial charge in [0.05, 0.1) is 16.9 Å². The number of non-ortho nitro benzene ring substituents is 1. The molecule has 0 saturated heterocycles. The van der Waals surface area contributed by atoms with Crippen molar-refractivity contribution in [3.8, 4) is 5.75 Å². The van der Waals surface area contributed by atoms with Crippen LogP contribution in [0.2, 0.25) is 0 Å². The van der Waals surface area contributed by atoms with Crippen molar-refractivity contribution >= 4 is 29.6 Å².